The van der Waals surface area contributed by atoms with Crippen LogP contribution in [0.2, 0.25) is 0 Å². The van der Waals surface area contributed by atoms with Gasteiger partial charge in [0.1, 0.15) is 11.5 Å². The average Bonchev–Trinajstić information content (AvgIpc) is 2.77. The van der Waals surface area contributed by atoms with Crippen LogP contribution in [0.3, 0.4) is 0 Å². The van der Waals surface area contributed by atoms with Gasteiger partial charge in [-0.2, -0.15) is 0 Å². The van der Waals surface area contributed by atoms with Crippen molar-refractivity contribution in [2.24, 2.45) is 0 Å². The first-order chi connectivity index (χ1) is 15.0. The van der Waals surface area contributed by atoms with Gasteiger partial charge in [0, 0.05) is 11.4 Å². The highest BCUT2D eigenvalue weighted by molar-refractivity contribution is 5.91. The molecule has 0 saturated heterocycles. The number of nitrogens with one attached hydrogen (secondary N) is 2. The molecule has 0 aliphatic carbocycles. The van der Waals surface area contributed by atoms with Gasteiger partial charge in [-0.05, 0) is 72.9 Å². The van der Waals surface area contributed by atoms with Crippen LogP contribution in [0.1, 0.15) is 30.5 Å². The number of benzene rings is 3. The Morgan fingerprint density at radius 3 is 1.68 bits per heavy atom. The monoisotopic (exact) mass is 418 g/mol. The fourth-order valence-electron chi connectivity index (χ4n) is 2.91. The zero-order valence-corrected chi connectivity index (χ0v) is 17.9. The molecule has 0 radical (unpaired) electrons. The third kappa shape index (κ3) is 6.34. The van der Waals surface area contributed by atoms with E-state index in [4.69, 9.17) is 9.47 Å². The molecule has 0 saturated carbocycles. The second-order valence-electron chi connectivity index (χ2n) is 7.05. The summed E-state index contributed by atoms with van der Waals surface area (Å²) in [7, 11) is 0. The number of hydrogen-bond acceptors (Lipinski definition) is 4. The number of carbonyl (C=O) groups excluding carboxylic acids is 2. The molecule has 3 rings (SSSR count). The number of aryl methyl sites for hydroxylation is 3. The highest BCUT2D eigenvalue weighted by atomic mass is 16.6. The summed E-state index contributed by atoms with van der Waals surface area (Å²) in [4.78, 5) is 24.5. The molecule has 6 nitrogen and oxygen atoms in total. The molecular weight excluding hydrogens is 392 g/mol. The van der Waals surface area contributed by atoms with Crippen molar-refractivity contribution in [3.63, 3.8) is 0 Å². The van der Waals surface area contributed by atoms with Crippen molar-refractivity contribution in [3.05, 3.63) is 83.4 Å². The van der Waals surface area contributed by atoms with E-state index in [1.807, 2.05) is 31.2 Å². The molecule has 0 heterocycles. The lowest BCUT2D eigenvalue weighted by Gasteiger charge is -2.12. The van der Waals surface area contributed by atoms with Crippen molar-refractivity contribution in [1.82, 2.24) is 0 Å². The van der Waals surface area contributed by atoms with Gasteiger partial charge in [0.2, 0.25) is 0 Å². The van der Waals surface area contributed by atoms with E-state index in [0.29, 0.717) is 22.9 Å². The lowest BCUT2D eigenvalue weighted by Crippen LogP contribution is -2.19. The van der Waals surface area contributed by atoms with Gasteiger partial charge in [-0.3, -0.25) is 10.6 Å². The standard InChI is InChI=1S/C25H26N2O4/c1-4-18-7-12-21(13-8-18)30-24(28)26-20-11-6-17(3)23(16-20)27-25(29)31-22-14-9-19(5-2)10-15-22/h6-16H,4-5H2,1-3H3,(H,26,28)(H,27,29). The highest BCUT2D eigenvalue weighted by Crippen LogP contribution is 2.22. The molecule has 2 N–H and O–H groups in total. The zero-order valence-electron chi connectivity index (χ0n) is 17.9. The normalized spacial score (nSPS) is 10.3. The minimum Gasteiger partial charge on any atom is -0.410 e. The first-order valence-corrected chi connectivity index (χ1v) is 10.2. The molecule has 0 aromatic heterocycles. The third-order valence-corrected chi connectivity index (χ3v) is 4.80. The number of hydrogen-bond donors (Lipinski definition) is 2. The summed E-state index contributed by atoms with van der Waals surface area (Å²) in [6, 6.07) is 19.9. The molecule has 6 heteroatoms. The molecule has 0 spiro atoms. The topological polar surface area (TPSA) is 76.7 Å². The quantitative estimate of drug-likeness (QED) is 0.490. The Bertz CT molecular complexity index is 1040. The second-order valence-corrected chi connectivity index (χ2v) is 7.05. The third-order valence-electron chi connectivity index (χ3n) is 4.80. The predicted molar refractivity (Wildman–Crippen MR) is 122 cm³/mol. The Morgan fingerprint density at radius 1 is 0.710 bits per heavy atom. The van der Waals surface area contributed by atoms with Crippen LogP contribution < -0.4 is 20.1 Å². The molecule has 0 bridgehead atoms. The predicted octanol–water partition coefficient (Wildman–Crippen LogP) is 6.34. The van der Waals surface area contributed by atoms with E-state index < -0.39 is 12.2 Å². The minimum absolute atomic E-state index is 0.456. The van der Waals surface area contributed by atoms with Gasteiger partial charge in [0.15, 0.2) is 0 Å². The van der Waals surface area contributed by atoms with Crippen molar-refractivity contribution in [1.29, 1.82) is 0 Å². The number of amides is 2. The van der Waals surface area contributed by atoms with Crippen molar-refractivity contribution in [3.8, 4) is 11.5 Å². The summed E-state index contributed by atoms with van der Waals surface area (Å²) in [6.45, 7) is 5.97. The van der Waals surface area contributed by atoms with Crippen molar-refractivity contribution < 1.29 is 19.1 Å². The van der Waals surface area contributed by atoms with Crippen molar-refractivity contribution in [2.75, 3.05) is 10.6 Å². The molecule has 160 valence electrons. The lowest BCUT2D eigenvalue weighted by atomic mass is 10.2. The van der Waals surface area contributed by atoms with Gasteiger partial charge in [-0.1, -0.05) is 44.2 Å². The van der Waals surface area contributed by atoms with Crippen LogP contribution in [0, 0.1) is 6.92 Å². The van der Waals surface area contributed by atoms with E-state index in [-0.39, 0.29) is 0 Å². The second kappa shape index (κ2) is 10.3. The van der Waals surface area contributed by atoms with E-state index in [0.717, 1.165) is 29.5 Å². The number of anilines is 2. The average molecular weight is 418 g/mol. The van der Waals surface area contributed by atoms with Gasteiger partial charge in [-0.25, -0.2) is 9.59 Å². The molecule has 0 atom stereocenters. The van der Waals surface area contributed by atoms with E-state index in [9.17, 15) is 9.59 Å². The molecule has 3 aromatic rings. The molecule has 3 aromatic carbocycles. The maximum atomic E-state index is 12.3. The summed E-state index contributed by atoms with van der Waals surface area (Å²) in [5.74, 6) is 0.914. The first-order valence-electron chi connectivity index (χ1n) is 10.2. The van der Waals surface area contributed by atoms with E-state index in [1.165, 1.54) is 0 Å². The molecule has 0 fully saturated rings. The highest BCUT2D eigenvalue weighted by Gasteiger charge is 2.11. The minimum atomic E-state index is -0.613. The summed E-state index contributed by atoms with van der Waals surface area (Å²) < 4.78 is 10.6. The Morgan fingerprint density at radius 2 is 1.19 bits per heavy atom. The van der Waals surface area contributed by atoms with Crippen LogP contribution >= 0.6 is 0 Å². The van der Waals surface area contributed by atoms with Gasteiger partial charge in [0.05, 0.1) is 0 Å². The van der Waals surface area contributed by atoms with Crippen LogP contribution in [0.5, 0.6) is 11.5 Å². The van der Waals surface area contributed by atoms with Crippen molar-refractivity contribution >= 4 is 23.6 Å². The Kier molecular flexibility index (Phi) is 7.27. The van der Waals surface area contributed by atoms with Crippen LogP contribution in [-0.2, 0) is 12.8 Å². The summed E-state index contributed by atoms with van der Waals surface area (Å²) in [5, 5.41) is 5.38. The molecule has 31 heavy (non-hydrogen) atoms. The molecule has 0 unspecified atom stereocenters. The van der Waals surface area contributed by atoms with E-state index in [1.54, 1.807) is 42.5 Å². The summed E-state index contributed by atoms with van der Waals surface area (Å²) in [5.41, 5.74) is 4.17. The van der Waals surface area contributed by atoms with Crippen LogP contribution in [-0.4, -0.2) is 12.2 Å². The molecule has 0 aliphatic rings. The molecule has 0 aliphatic heterocycles. The summed E-state index contributed by atoms with van der Waals surface area (Å²) >= 11 is 0. The lowest BCUT2D eigenvalue weighted by molar-refractivity contribution is 0.214. The maximum absolute atomic E-state index is 12.3. The fourth-order valence-corrected chi connectivity index (χ4v) is 2.91. The largest absolute Gasteiger partial charge is 0.417 e. The SMILES string of the molecule is CCc1ccc(OC(=O)Nc2ccc(C)c(NC(=O)Oc3ccc(CC)cc3)c2)cc1. The molecular formula is C25H26N2O4. The van der Waals surface area contributed by atoms with Crippen LogP contribution in [0.4, 0.5) is 21.0 Å². The summed E-state index contributed by atoms with van der Waals surface area (Å²) in [6.07, 6.45) is 0.608. The maximum Gasteiger partial charge on any atom is 0.417 e. The Hall–Kier alpha value is -3.80. The van der Waals surface area contributed by atoms with E-state index in [2.05, 4.69) is 24.5 Å². The number of ether oxygens (including phenoxy) is 2. The van der Waals surface area contributed by atoms with Gasteiger partial charge < -0.3 is 9.47 Å². The van der Waals surface area contributed by atoms with E-state index >= 15 is 0 Å². The number of rotatable bonds is 6. The first kappa shape index (κ1) is 21.9. The smallest absolute Gasteiger partial charge is 0.410 e. The van der Waals surface area contributed by atoms with Crippen LogP contribution in [0.25, 0.3) is 0 Å². The van der Waals surface area contributed by atoms with Crippen LogP contribution in [0.15, 0.2) is 66.7 Å². The van der Waals surface area contributed by atoms with Gasteiger partial charge >= 0.3 is 12.2 Å². The number of carbonyl (C=O) groups is 2. The molecule has 2 amide bonds. The van der Waals surface area contributed by atoms with Gasteiger partial charge in [-0.15, -0.1) is 0 Å². The Labute approximate surface area is 182 Å². The van der Waals surface area contributed by atoms with Crippen molar-refractivity contribution in [2.45, 2.75) is 33.6 Å². The zero-order chi connectivity index (χ0) is 22.2. The van der Waals surface area contributed by atoms with Gasteiger partial charge in [0.25, 0.3) is 0 Å². The Balaban J connectivity index is 1.60. The fraction of sp³-hybridized carbons (Fsp3) is 0.200.